The van der Waals surface area contributed by atoms with Gasteiger partial charge in [-0.25, -0.2) is 0 Å². The second-order valence-corrected chi connectivity index (χ2v) is 4.15. The van der Waals surface area contributed by atoms with Gasteiger partial charge in [0.25, 0.3) is 0 Å². The van der Waals surface area contributed by atoms with Crippen LogP contribution in [0.5, 0.6) is 5.75 Å². The Bertz CT molecular complexity index is 508. The topological polar surface area (TPSA) is 72.3 Å². The van der Waals surface area contributed by atoms with E-state index in [1.807, 2.05) is 13.0 Å². The number of nitrogens with zero attached hydrogens (tertiary/aromatic N) is 1. The summed E-state index contributed by atoms with van der Waals surface area (Å²) in [6.45, 7) is 1.81. The zero-order valence-corrected chi connectivity index (χ0v) is 9.58. The first-order chi connectivity index (χ1) is 7.08. The summed E-state index contributed by atoms with van der Waals surface area (Å²) in [7, 11) is 0. The van der Waals surface area contributed by atoms with E-state index in [0.29, 0.717) is 11.3 Å². The van der Waals surface area contributed by atoms with Gasteiger partial charge in [0.05, 0.1) is 0 Å². The number of rotatable bonds is 1. The minimum absolute atomic E-state index is 0.187. The summed E-state index contributed by atoms with van der Waals surface area (Å²) in [5.74, 6) is 0.411. The molecule has 4 nitrogen and oxygen atoms in total. The van der Waals surface area contributed by atoms with Crippen LogP contribution < -0.4 is 5.73 Å². The van der Waals surface area contributed by atoms with Crippen LogP contribution in [0.1, 0.15) is 5.56 Å². The smallest absolute Gasteiger partial charge is 0.222 e. The molecular weight excluding hydrogens is 260 g/mol. The van der Waals surface area contributed by atoms with Crippen LogP contribution in [0.4, 0.5) is 5.88 Å². The summed E-state index contributed by atoms with van der Waals surface area (Å²) in [6, 6.07) is 5.16. The van der Waals surface area contributed by atoms with Crippen molar-refractivity contribution >= 4 is 21.8 Å². The van der Waals surface area contributed by atoms with Crippen molar-refractivity contribution in [2.24, 2.45) is 0 Å². The number of hydrogen-bond donors (Lipinski definition) is 2. The average molecular weight is 269 g/mol. The van der Waals surface area contributed by atoms with Crippen LogP contribution >= 0.6 is 15.9 Å². The normalized spacial score (nSPS) is 10.5. The molecule has 0 aliphatic heterocycles. The maximum Gasteiger partial charge on any atom is 0.222 e. The molecule has 78 valence electrons. The number of benzene rings is 1. The monoisotopic (exact) mass is 268 g/mol. The van der Waals surface area contributed by atoms with Crippen molar-refractivity contribution in [1.82, 2.24) is 5.16 Å². The van der Waals surface area contributed by atoms with Crippen molar-refractivity contribution in [3.8, 4) is 17.0 Å². The van der Waals surface area contributed by atoms with E-state index in [-0.39, 0.29) is 11.6 Å². The molecule has 0 unspecified atom stereocenters. The Hall–Kier alpha value is -1.49. The summed E-state index contributed by atoms with van der Waals surface area (Å²) in [6.07, 6.45) is 0. The van der Waals surface area contributed by atoms with Crippen LogP contribution in [-0.4, -0.2) is 10.3 Å². The Morgan fingerprint density at radius 1 is 1.40 bits per heavy atom. The Labute approximate surface area is 94.8 Å². The lowest BCUT2D eigenvalue weighted by molar-refractivity contribution is 0.437. The van der Waals surface area contributed by atoms with E-state index < -0.39 is 0 Å². The number of nitrogens with two attached hydrogens (primary N) is 1. The summed E-state index contributed by atoms with van der Waals surface area (Å²) >= 11 is 3.35. The van der Waals surface area contributed by atoms with Gasteiger partial charge in [-0.2, -0.15) is 0 Å². The molecule has 2 aromatic rings. The molecule has 2 rings (SSSR count). The lowest BCUT2D eigenvalue weighted by atomic mass is 10.1. The SMILES string of the molecule is Cc1cc(Br)cc(-c2cc(N)on2)c1O. The van der Waals surface area contributed by atoms with E-state index in [2.05, 4.69) is 21.1 Å². The molecule has 0 amide bonds. The second kappa shape index (κ2) is 3.58. The predicted molar refractivity (Wildman–Crippen MR) is 60.5 cm³/mol. The molecule has 5 heteroatoms. The van der Waals surface area contributed by atoms with Gasteiger partial charge in [0.15, 0.2) is 0 Å². The van der Waals surface area contributed by atoms with Crippen LogP contribution in [0, 0.1) is 6.92 Å². The van der Waals surface area contributed by atoms with Crippen molar-refractivity contribution in [1.29, 1.82) is 0 Å². The molecule has 0 saturated carbocycles. The van der Waals surface area contributed by atoms with Gasteiger partial charge < -0.3 is 15.4 Å². The molecule has 0 fully saturated rings. The number of nitrogen functional groups attached to an aromatic ring is 1. The van der Waals surface area contributed by atoms with Crippen LogP contribution in [0.3, 0.4) is 0 Å². The van der Waals surface area contributed by atoms with Gasteiger partial charge in [-0.05, 0) is 24.6 Å². The van der Waals surface area contributed by atoms with E-state index in [9.17, 15) is 5.11 Å². The number of phenolic OH excluding ortho intramolecular Hbond substituents is 1. The molecular formula is C10H9BrN2O2. The van der Waals surface area contributed by atoms with Gasteiger partial charge in [-0.1, -0.05) is 21.1 Å². The molecule has 0 spiro atoms. The van der Waals surface area contributed by atoms with E-state index in [0.717, 1.165) is 10.0 Å². The first-order valence-electron chi connectivity index (χ1n) is 4.29. The maximum absolute atomic E-state index is 9.84. The number of aromatic hydroxyl groups is 1. The van der Waals surface area contributed by atoms with Crippen molar-refractivity contribution < 1.29 is 9.63 Å². The fourth-order valence-electron chi connectivity index (χ4n) is 1.35. The third kappa shape index (κ3) is 1.83. The van der Waals surface area contributed by atoms with E-state index in [1.54, 1.807) is 12.1 Å². The summed E-state index contributed by atoms with van der Waals surface area (Å²) in [5.41, 5.74) is 7.31. The van der Waals surface area contributed by atoms with E-state index in [4.69, 9.17) is 10.3 Å². The molecule has 0 aliphatic rings. The minimum atomic E-state index is 0.187. The zero-order chi connectivity index (χ0) is 11.0. The fraction of sp³-hybridized carbons (Fsp3) is 0.100. The highest BCUT2D eigenvalue weighted by Crippen LogP contribution is 2.34. The number of halogens is 1. The fourth-order valence-corrected chi connectivity index (χ4v) is 1.92. The second-order valence-electron chi connectivity index (χ2n) is 3.23. The molecule has 0 radical (unpaired) electrons. The van der Waals surface area contributed by atoms with Crippen molar-refractivity contribution in [3.05, 3.63) is 28.2 Å². The van der Waals surface area contributed by atoms with Crippen molar-refractivity contribution in [2.45, 2.75) is 6.92 Å². The molecule has 15 heavy (non-hydrogen) atoms. The highest BCUT2D eigenvalue weighted by molar-refractivity contribution is 9.10. The molecule has 0 aliphatic carbocycles. The summed E-state index contributed by atoms with van der Waals surface area (Å²) in [5, 5.41) is 13.6. The number of aryl methyl sites for hydroxylation is 1. The van der Waals surface area contributed by atoms with Crippen molar-refractivity contribution in [3.63, 3.8) is 0 Å². The third-order valence-electron chi connectivity index (χ3n) is 2.07. The Kier molecular flexibility index (Phi) is 2.40. The van der Waals surface area contributed by atoms with Gasteiger partial charge in [0.1, 0.15) is 11.4 Å². The molecule has 1 aromatic carbocycles. The molecule has 1 aromatic heterocycles. The average Bonchev–Trinajstić information content (AvgIpc) is 2.58. The van der Waals surface area contributed by atoms with Gasteiger partial charge >= 0.3 is 0 Å². The number of aromatic nitrogens is 1. The molecule has 0 bridgehead atoms. The van der Waals surface area contributed by atoms with E-state index >= 15 is 0 Å². The van der Waals surface area contributed by atoms with Gasteiger partial charge in [0.2, 0.25) is 5.88 Å². The molecule has 3 N–H and O–H groups in total. The standard InChI is InChI=1S/C10H9BrN2O2/c1-5-2-6(11)3-7(10(5)14)8-4-9(12)15-13-8/h2-4,14H,12H2,1H3. The maximum atomic E-state index is 9.84. The molecule has 1 heterocycles. The predicted octanol–water partition coefficient (Wildman–Crippen LogP) is 2.70. The summed E-state index contributed by atoms with van der Waals surface area (Å²) < 4.78 is 5.62. The molecule has 0 saturated heterocycles. The van der Waals surface area contributed by atoms with Crippen LogP contribution in [0.2, 0.25) is 0 Å². The number of anilines is 1. The third-order valence-corrected chi connectivity index (χ3v) is 2.53. The lowest BCUT2D eigenvalue weighted by Crippen LogP contribution is -1.83. The molecule has 0 atom stereocenters. The lowest BCUT2D eigenvalue weighted by Gasteiger charge is -2.04. The van der Waals surface area contributed by atoms with Crippen molar-refractivity contribution in [2.75, 3.05) is 5.73 Å². The van der Waals surface area contributed by atoms with Gasteiger partial charge in [-0.15, -0.1) is 0 Å². The Balaban J connectivity index is 2.62. The first-order valence-corrected chi connectivity index (χ1v) is 5.09. The highest BCUT2D eigenvalue weighted by Gasteiger charge is 2.12. The highest BCUT2D eigenvalue weighted by atomic mass is 79.9. The first kappa shape index (κ1) is 10.0. The van der Waals surface area contributed by atoms with Crippen LogP contribution in [-0.2, 0) is 0 Å². The Morgan fingerprint density at radius 3 is 2.73 bits per heavy atom. The van der Waals surface area contributed by atoms with Gasteiger partial charge in [0, 0.05) is 16.1 Å². The zero-order valence-electron chi connectivity index (χ0n) is 7.99. The van der Waals surface area contributed by atoms with E-state index in [1.165, 1.54) is 0 Å². The van der Waals surface area contributed by atoms with Gasteiger partial charge in [-0.3, -0.25) is 0 Å². The summed E-state index contributed by atoms with van der Waals surface area (Å²) in [4.78, 5) is 0. The quantitative estimate of drug-likeness (QED) is 0.834. The number of hydrogen-bond acceptors (Lipinski definition) is 4. The minimum Gasteiger partial charge on any atom is -0.507 e. The van der Waals surface area contributed by atoms with Crippen LogP contribution in [0.15, 0.2) is 27.2 Å². The number of phenols is 1. The van der Waals surface area contributed by atoms with Crippen LogP contribution in [0.25, 0.3) is 11.3 Å². The Morgan fingerprint density at radius 2 is 2.13 bits per heavy atom. The largest absolute Gasteiger partial charge is 0.507 e.